The Kier molecular flexibility index (Phi) is 6.99. The van der Waals surface area contributed by atoms with Crippen LogP contribution in [0.2, 0.25) is 0 Å². The Labute approximate surface area is 198 Å². The second-order valence-corrected chi connectivity index (χ2v) is 10.6. The molecule has 0 atom stereocenters. The van der Waals surface area contributed by atoms with Crippen molar-refractivity contribution >= 4 is 34.8 Å². The molecule has 1 saturated carbocycles. The van der Waals surface area contributed by atoms with Gasteiger partial charge in [-0.2, -0.15) is 13.2 Å². The van der Waals surface area contributed by atoms with E-state index in [2.05, 4.69) is 34.6 Å². The number of thiophene rings is 1. The number of alkyl halides is 3. The van der Waals surface area contributed by atoms with Crippen molar-refractivity contribution in [1.29, 1.82) is 0 Å². The fourth-order valence-electron chi connectivity index (χ4n) is 3.95. The number of anilines is 1. The lowest BCUT2D eigenvalue weighted by Gasteiger charge is -2.29. The number of carbonyl (C=O) groups excluding carboxylic acids is 1. The van der Waals surface area contributed by atoms with Crippen LogP contribution in [0.3, 0.4) is 0 Å². The summed E-state index contributed by atoms with van der Waals surface area (Å²) in [5, 5.41) is 3.76. The highest BCUT2D eigenvalue weighted by molar-refractivity contribution is 8.00. The van der Waals surface area contributed by atoms with Gasteiger partial charge in [-0.25, -0.2) is 4.98 Å². The summed E-state index contributed by atoms with van der Waals surface area (Å²) in [7, 11) is 0. The molecule has 0 radical (unpaired) electrons. The number of nitrogens with zero attached hydrogens (tertiary/aromatic N) is 1. The Hall–Kier alpha value is -2.52. The Balaban J connectivity index is 1.29. The Morgan fingerprint density at radius 3 is 2.36 bits per heavy atom. The summed E-state index contributed by atoms with van der Waals surface area (Å²) < 4.78 is 38.0. The van der Waals surface area contributed by atoms with Gasteiger partial charge in [-0.3, -0.25) is 4.79 Å². The summed E-state index contributed by atoms with van der Waals surface area (Å²) in [5.74, 6) is 0.0822. The van der Waals surface area contributed by atoms with E-state index >= 15 is 0 Å². The van der Waals surface area contributed by atoms with Gasteiger partial charge in [-0.05, 0) is 74.1 Å². The molecule has 4 nitrogen and oxygen atoms in total. The van der Waals surface area contributed by atoms with Crippen molar-refractivity contribution in [3.8, 4) is 10.4 Å². The summed E-state index contributed by atoms with van der Waals surface area (Å²) in [6.45, 7) is 1.98. The fourth-order valence-corrected chi connectivity index (χ4v) is 6.16. The number of benzene rings is 1. The highest BCUT2D eigenvalue weighted by Crippen LogP contribution is 2.37. The van der Waals surface area contributed by atoms with Crippen molar-refractivity contribution in [3.63, 3.8) is 0 Å². The Morgan fingerprint density at radius 1 is 1.12 bits per heavy atom. The second kappa shape index (κ2) is 9.77. The van der Waals surface area contributed by atoms with Gasteiger partial charge in [-0.15, -0.1) is 23.1 Å². The lowest BCUT2D eigenvalue weighted by molar-refractivity contribution is -0.137. The summed E-state index contributed by atoms with van der Waals surface area (Å²) in [4.78, 5) is 18.2. The van der Waals surface area contributed by atoms with Crippen molar-refractivity contribution in [2.75, 3.05) is 5.32 Å². The van der Waals surface area contributed by atoms with Crippen molar-refractivity contribution in [3.05, 3.63) is 64.7 Å². The molecule has 3 aromatic rings. The molecule has 33 heavy (non-hydrogen) atoms. The van der Waals surface area contributed by atoms with Gasteiger partial charge >= 0.3 is 6.18 Å². The molecule has 3 N–H and O–H groups in total. The van der Waals surface area contributed by atoms with Crippen LogP contribution in [0.4, 0.5) is 19.0 Å². The molecule has 9 heteroatoms. The largest absolute Gasteiger partial charge is 0.417 e. The van der Waals surface area contributed by atoms with E-state index in [4.69, 9.17) is 5.73 Å². The van der Waals surface area contributed by atoms with Crippen molar-refractivity contribution in [1.82, 2.24) is 4.98 Å². The fraction of sp³-hybridized carbons (Fsp3) is 0.333. The molecule has 1 aliphatic carbocycles. The van der Waals surface area contributed by atoms with E-state index in [0.717, 1.165) is 54.0 Å². The van der Waals surface area contributed by atoms with Crippen molar-refractivity contribution < 1.29 is 18.0 Å². The van der Waals surface area contributed by atoms with Crippen LogP contribution in [-0.2, 0) is 6.18 Å². The van der Waals surface area contributed by atoms with E-state index in [1.165, 1.54) is 22.3 Å². The lowest BCUT2D eigenvalue weighted by Crippen LogP contribution is -2.27. The number of aryl methyl sites for hydroxylation is 1. The number of rotatable bonds is 6. The van der Waals surface area contributed by atoms with E-state index in [0.29, 0.717) is 15.9 Å². The van der Waals surface area contributed by atoms with E-state index < -0.39 is 17.6 Å². The van der Waals surface area contributed by atoms with Gasteiger partial charge < -0.3 is 11.1 Å². The number of carbonyl (C=O) groups is 1. The normalized spacial score (nSPS) is 18.8. The maximum atomic E-state index is 12.7. The number of hydrogen-bond donors (Lipinski definition) is 2. The van der Waals surface area contributed by atoms with E-state index in [-0.39, 0.29) is 6.04 Å². The number of halogens is 3. The highest BCUT2D eigenvalue weighted by atomic mass is 32.2. The van der Waals surface area contributed by atoms with Crippen LogP contribution in [0.15, 0.2) is 53.6 Å². The molecule has 4 rings (SSSR count). The molecule has 0 spiro atoms. The first-order valence-corrected chi connectivity index (χ1v) is 12.4. The average Bonchev–Trinajstić information content (AvgIpc) is 3.17. The van der Waals surface area contributed by atoms with Gasteiger partial charge in [0.05, 0.1) is 10.4 Å². The SMILES string of the molecule is Cc1cc(C(N)=O)sc1-c1ccc(SC2CCC(Nc3ccc(C(F)(F)F)cn3)CC2)cc1. The maximum absolute atomic E-state index is 12.7. The minimum Gasteiger partial charge on any atom is -0.367 e. The number of pyridine rings is 1. The molecule has 1 aliphatic rings. The topological polar surface area (TPSA) is 68.0 Å². The standard InChI is InChI=1S/C24H24F3N3OS2/c1-14-12-20(23(28)31)33-22(14)15-2-7-18(8-3-15)32-19-9-5-17(6-10-19)30-21-11-4-16(13-29-21)24(25,26)27/h2-4,7-8,11-13,17,19H,5-6,9-10H2,1H3,(H2,28,31)(H,29,30). The predicted octanol–water partition coefficient (Wildman–Crippen LogP) is 6.75. The summed E-state index contributed by atoms with van der Waals surface area (Å²) in [5.41, 5.74) is 6.78. The Morgan fingerprint density at radius 2 is 1.82 bits per heavy atom. The predicted molar refractivity (Wildman–Crippen MR) is 128 cm³/mol. The van der Waals surface area contributed by atoms with Gasteiger partial charge in [0.1, 0.15) is 5.82 Å². The zero-order valence-electron chi connectivity index (χ0n) is 18.0. The van der Waals surface area contributed by atoms with Crippen LogP contribution in [0.1, 0.15) is 46.5 Å². The monoisotopic (exact) mass is 491 g/mol. The Bertz CT molecular complexity index is 1100. The van der Waals surface area contributed by atoms with Crippen LogP contribution in [0, 0.1) is 6.92 Å². The zero-order valence-corrected chi connectivity index (χ0v) is 19.6. The van der Waals surface area contributed by atoms with Crippen molar-refractivity contribution in [2.24, 2.45) is 5.73 Å². The molecule has 0 saturated heterocycles. The van der Waals surface area contributed by atoms with Crippen LogP contribution < -0.4 is 11.1 Å². The first-order chi connectivity index (χ1) is 15.7. The first-order valence-electron chi connectivity index (χ1n) is 10.7. The number of nitrogens with one attached hydrogen (secondary N) is 1. The van der Waals surface area contributed by atoms with E-state index in [1.807, 2.05) is 24.8 Å². The third-order valence-corrected chi connectivity index (χ3v) is 8.35. The third kappa shape index (κ3) is 5.89. The molecule has 0 unspecified atom stereocenters. The van der Waals surface area contributed by atoms with E-state index in [9.17, 15) is 18.0 Å². The molecule has 1 amide bonds. The average molecular weight is 492 g/mol. The smallest absolute Gasteiger partial charge is 0.367 e. The third-order valence-electron chi connectivity index (χ3n) is 5.70. The van der Waals surface area contributed by atoms with Gasteiger partial charge in [0.25, 0.3) is 5.91 Å². The van der Waals surface area contributed by atoms with Crippen LogP contribution >= 0.6 is 23.1 Å². The summed E-state index contributed by atoms with van der Waals surface area (Å²) >= 11 is 3.27. The number of nitrogens with two attached hydrogens (primary N) is 1. The minimum atomic E-state index is -4.37. The van der Waals surface area contributed by atoms with Gasteiger partial charge in [0.15, 0.2) is 0 Å². The van der Waals surface area contributed by atoms with Crippen LogP contribution in [0.5, 0.6) is 0 Å². The van der Waals surface area contributed by atoms with Crippen molar-refractivity contribution in [2.45, 2.75) is 55.0 Å². The molecule has 2 aromatic heterocycles. The van der Waals surface area contributed by atoms with Gasteiger partial charge in [0, 0.05) is 27.3 Å². The first kappa shape index (κ1) is 23.6. The number of aromatic nitrogens is 1. The molecule has 1 fully saturated rings. The molecular formula is C24H24F3N3OS2. The lowest BCUT2D eigenvalue weighted by atomic mass is 9.95. The van der Waals surface area contributed by atoms with Crippen LogP contribution in [0.25, 0.3) is 10.4 Å². The van der Waals surface area contributed by atoms with E-state index in [1.54, 1.807) is 0 Å². The second-order valence-electron chi connectivity index (χ2n) is 8.18. The number of amides is 1. The molecule has 2 heterocycles. The molecule has 0 aliphatic heterocycles. The molecule has 174 valence electrons. The number of thioether (sulfide) groups is 1. The minimum absolute atomic E-state index is 0.217. The quantitative estimate of drug-likeness (QED) is 0.400. The summed E-state index contributed by atoms with van der Waals surface area (Å²) in [6.07, 6.45) is 0.451. The zero-order chi connectivity index (χ0) is 23.6. The summed E-state index contributed by atoms with van der Waals surface area (Å²) in [6, 6.07) is 12.9. The molecule has 0 bridgehead atoms. The van der Waals surface area contributed by atoms with Gasteiger partial charge in [-0.1, -0.05) is 12.1 Å². The molecular weight excluding hydrogens is 467 g/mol. The maximum Gasteiger partial charge on any atom is 0.417 e. The van der Waals surface area contributed by atoms with Crippen LogP contribution in [-0.4, -0.2) is 22.2 Å². The van der Waals surface area contributed by atoms with Gasteiger partial charge in [0.2, 0.25) is 0 Å². The number of hydrogen-bond acceptors (Lipinski definition) is 5. The highest BCUT2D eigenvalue weighted by Gasteiger charge is 2.31. The number of primary amides is 1. The molecule has 1 aromatic carbocycles.